The summed E-state index contributed by atoms with van der Waals surface area (Å²) in [5.41, 5.74) is 2.39. The monoisotopic (exact) mass is 382 g/mol. The van der Waals surface area contributed by atoms with Gasteiger partial charge in [-0.1, -0.05) is 6.92 Å². The van der Waals surface area contributed by atoms with Crippen molar-refractivity contribution in [1.29, 1.82) is 0 Å². The Labute approximate surface area is 165 Å². The molecule has 0 aromatic heterocycles. The highest BCUT2D eigenvalue weighted by Crippen LogP contribution is 2.16. The van der Waals surface area contributed by atoms with Crippen LogP contribution in [0.15, 0.2) is 48.5 Å². The number of Topliss-reactive ketones (excluding diaryl/α,β-unsaturated/α-hetero) is 1. The van der Waals surface area contributed by atoms with Gasteiger partial charge in [-0.15, -0.1) is 0 Å². The number of carbonyl (C=O) groups excluding carboxylic acids is 3. The van der Waals surface area contributed by atoms with Gasteiger partial charge in [0.25, 0.3) is 0 Å². The number of ether oxygens (including phenoxy) is 1. The van der Waals surface area contributed by atoms with Crippen molar-refractivity contribution in [3.8, 4) is 0 Å². The van der Waals surface area contributed by atoms with Crippen molar-refractivity contribution in [3.05, 3.63) is 59.7 Å². The molecule has 0 spiro atoms. The molecule has 2 rings (SSSR count). The van der Waals surface area contributed by atoms with Gasteiger partial charge in [-0.25, -0.2) is 4.79 Å². The van der Waals surface area contributed by atoms with Gasteiger partial charge in [-0.2, -0.15) is 0 Å². The van der Waals surface area contributed by atoms with Gasteiger partial charge in [0.05, 0.1) is 5.56 Å². The summed E-state index contributed by atoms with van der Waals surface area (Å²) in [5.74, 6) is -0.913. The van der Waals surface area contributed by atoms with Gasteiger partial charge >= 0.3 is 5.97 Å². The number of esters is 1. The smallest absolute Gasteiger partial charge is 0.338 e. The molecule has 1 amide bonds. The lowest BCUT2D eigenvalue weighted by molar-refractivity contribution is -0.116. The first kappa shape index (κ1) is 21.2. The molecule has 148 valence electrons. The average Bonchev–Trinajstić information content (AvgIpc) is 2.68. The molecular formula is C22H26N2O4. The van der Waals surface area contributed by atoms with Crippen LogP contribution in [0.5, 0.6) is 0 Å². The molecule has 0 aliphatic carbocycles. The van der Waals surface area contributed by atoms with E-state index in [0.717, 1.165) is 12.1 Å². The maximum absolute atomic E-state index is 12.5. The van der Waals surface area contributed by atoms with Crippen LogP contribution in [-0.4, -0.2) is 37.9 Å². The van der Waals surface area contributed by atoms with Crippen LogP contribution in [0, 0.1) is 0 Å². The minimum Gasteiger partial charge on any atom is -0.451 e. The van der Waals surface area contributed by atoms with Crippen molar-refractivity contribution in [2.24, 2.45) is 0 Å². The molecular weight excluding hydrogens is 356 g/mol. The number of hydrogen-bond donors (Lipinski definition) is 1. The molecule has 1 unspecified atom stereocenters. The predicted octanol–water partition coefficient (Wildman–Crippen LogP) is 3.92. The maximum atomic E-state index is 12.5. The number of anilines is 2. The lowest BCUT2D eigenvalue weighted by Crippen LogP contribution is -2.24. The third kappa shape index (κ3) is 5.67. The van der Waals surface area contributed by atoms with E-state index < -0.39 is 12.1 Å². The zero-order valence-corrected chi connectivity index (χ0v) is 16.7. The third-order valence-electron chi connectivity index (χ3n) is 4.20. The van der Waals surface area contributed by atoms with E-state index in [4.69, 9.17) is 4.74 Å². The quantitative estimate of drug-likeness (QED) is 0.553. The fourth-order valence-corrected chi connectivity index (χ4v) is 2.58. The van der Waals surface area contributed by atoms with Crippen LogP contribution in [0.25, 0.3) is 0 Å². The highest BCUT2D eigenvalue weighted by Gasteiger charge is 2.20. The van der Waals surface area contributed by atoms with E-state index >= 15 is 0 Å². The number of ketones is 1. The van der Waals surface area contributed by atoms with Crippen molar-refractivity contribution in [3.63, 3.8) is 0 Å². The van der Waals surface area contributed by atoms with Gasteiger partial charge in [-0.3, -0.25) is 9.59 Å². The molecule has 0 radical (unpaired) electrons. The molecule has 2 aromatic rings. The van der Waals surface area contributed by atoms with Crippen LogP contribution in [0.1, 0.15) is 47.4 Å². The second-order valence-corrected chi connectivity index (χ2v) is 6.73. The van der Waals surface area contributed by atoms with Crippen LogP contribution >= 0.6 is 0 Å². The van der Waals surface area contributed by atoms with E-state index in [1.54, 1.807) is 43.3 Å². The van der Waals surface area contributed by atoms with Crippen molar-refractivity contribution in [2.45, 2.75) is 32.8 Å². The van der Waals surface area contributed by atoms with Gasteiger partial charge < -0.3 is 15.0 Å². The molecule has 1 N–H and O–H groups in total. The summed E-state index contributed by atoms with van der Waals surface area (Å²) in [6, 6.07) is 13.5. The van der Waals surface area contributed by atoms with Crippen LogP contribution in [0.2, 0.25) is 0 Å². The molecule has 6 heteroatoms. The van der Waals surface area contributed by atoms with E-state index in [9.17, 15) is 14.4 Å². The van der Waals surface area contributed by atoms with Crippen molar-refractivity contribution in [1.82, 2.24) is 0 Å². The standard InChI is InChI=1S/C22H26N2O4/c1-5-6-20(25)23-18-11-7-16(8-12-18)21(26)15(2)28-22(27)17-9-13-19(14-10-17)24(3)4/h7-15H,5-6H2,1-4H3,(H,23,25). The number of rotatable bonds is 8. The van der Waals surface area contributed by atoms with Gasteiger partial charge in [0, 0.05) is 37.5 Å². The van der Waals surface area contributed by atoms with Crippen LogP contribution < -0.4 is 10.2 Å². The van der Waals surface area contributed by atoms with Gasteiger partial charge in [-0.05, 0) is 61.9 Å². The molecule has 0 fully saturated rings. The Balaban J connectivity index is 1.97. The molecule has 0 saturated heterocycles. The molecule has 6 nitrogen and oxygen atoms in total. The number of benzene rings is 2. The second-order valence-electron chi connectivity index (χ2n) is 6.73. The fourth-order valence-electron chi connectivity index (χ4n) is 2.58. The predicted molar refractivity (Wildman–Crippen MR) is 110 cm³/mol. The zero-order chi connectivity index (χ0) is 20.7. The Hall–Kier alpha value is -3.15. The summed E-state index contributed by atoms with van der Waals surface area (Å²) < 4.78 is 5.31. The maximum Gasteiger partial charge on any atom is 0.338 e. The molecule has 0 saturated carbocycles. The summed E-state index contributed by atoms with van der Waals surface area (Å²) in [5, 5.41) is 2.77. The van der Waals surface area contributed by atoms with Gasteiger partial charge in [0.15, 0.2) is 6.10 Å². The molecule has 0 aliphatic heterocycles. The number of carbonyl (C=O) groups is 3. The summed E-state index contributed by atoms with van der Waals surface area (Å²) >= 11 is 0. The SMILES string of the molecule is CCCC(=O)Nc1ccc(C(=O)C(C)OC(=O)c2ccc(N(C)C)cc2)cc1. The number of nitrogens with one attached hydrogen (secondary N) is 1. The van der Waals surface area contributed by atoms with Crippen molar-refractivity contribution in [2.75, 3.05) is 24.3 Å². The molecule has 2 aromatic carbocycles. The van der Waals surface area contributed by atoms with Crippen molar-refractivity contribution < 1.29 is 19.1 Å². The minimum absolute atomic E-state index is 0.0656. The topological polar surface area (TPSA) is 75.7 Å². The Bertz CT molecular complexity index is 827. The first-order chi connectivity index (χ1) is 13.3. The van der Waals surface area contributed by atoms with E-state index in [1.165, 1.54) is 0 Å². The van der Waals surface area contributed by atoms with Crippen LogP contribution in [-0.2, 0) is 9.53 Å². The summed E-state index contributed by atoms with van der Waals surface area (Å²) in [4.78, 5) is 38.3. The highest BCUT2D eigenvalue weighted by atomic mass is 16.5. The average molecular weight is 382 g/mol. The molecule has 0 heterocycles. The second kappa shape index (κ2) is 9.69. The molecule has 0 aliphatic rings. The Morgan fingerprint density at radius 1 is 0.964 bits per heavy atom. The van der Waals surface area contributed by atoms with Crippen LogP contribution in [0.3, 0.4) is 0 Å². The Morgan fingerprint density at radius 2 is 1.54 bits per heavy atom. The summed E-state index contributed by atoms with van der Waals surface area (Å²) in [7, 11) is 3.82. The Morgan fingerprint density at radius 3 is 2.07 bits per heavy atom. The number of amides is 1. The van der Waals surface area contributed by atoms with E-state index in [2.05, 4.69) is 5.32 Å². The third-order valence-corrected chi connectivity index (χ3v) is 4.20. The lowest BCUT2D eigenvalue weighted by atomic mass is 10.1. The van der Waals surface area contributed by atoms with E-state index in [-0.39, 0.29) is 11.7 Å². The summed E-state index contributed by atoms with van der Waals surface area (Å²) in [6.45, 7) is 3.48. The van der Waals surface area contributed by atoms with E-state index in [0.29, 0.717) is 23.2 Å². The first-order valence-corrected chi connectivity index (χ1v) is 9.24. The number of nitrogens with zero attached hydrogens (tertiary/aromatic N) is 1. The molecule has 28 heavy (non-hydrogen) atoms. The van der Waals surface area contributed by atoms with E-state index in [1.807, 2.05) is 38.1 Å². The zero-order valence-electron chi connectivity index (χ0n) is 16.7. The fraction of sp³-hybridized carbons (Fsp3) is 0.318. The Kier molecular flexibility index (Phi) is 7.32. The summed E-state index contributed by atoms with van der Waals surface area (Å²) in [6.07, 6.45) is 0.299. The first-order valence-electron chi connectivity index (χ1n) is 9.24. The van der Waals surface area contributed by atoms with Crippen LogP contribution in [0.4, 0.5) is 11.4 Å². The highest BCUT2D eigenvalue weighted by molar-refractivity contribution is 6.02. The minimum atomic E-state index is -0.915. The van der Waals surface area contributed by atoms with Gasteiger partial charge in [0.1, 0.15) is 0 Å². The normalized spacial score (nSPS) is 11.4. The molecule has 1 atom stereocenters. The largest absolute Gasteiger partial charge is 0.451 e. The van der Waals surface area contributed by atoms with Gasteiger partial charge in [0.2, 0.25) is 11.7 Å². The lowest BCUT2D eigenvalue weighted by Gasteiger charge is -2.14. The van der Waals surface area contributed by atoms with Crippen molar-refractivity contribution >= 4 is 29.0 Å². The number of hydrogen-bond acceptors (Lipinski definition) is 5. The molecule has 0 bridgehead atoms.